The van der Waals surface area contributed by atoms with Crippen LogP contribution in [0.5, 0.6) is 11.5 Å². The fraction of sp³-hybridized carbons (Fsp3) is 0.222. The van der Waals surface area contributed by atoms with E-state index in [0.29, 0.717) is 17.9 Å². The third-order valence-electron chi connectivity index (χ3n) is 5.91. The minimum Gasteiger partial charge on any atom is -0.497 e. The van der Waals surface area contributed by atoms with Gasteiger partial charge >= 0.3 is 6.03 Å². The third-order valence-corrected chi connectivity index (χ3v) is 5.91. The molecule has 4 amide bonds. The van der Waals surface area contributed by atoms with Gasteiger partial charge < -0.3 is 20.1 Å². The molecule has 1 unspecified atom stereocenters. The van der Waals surface area contributed by atoms with Gasteiger partial charge in [-0.25, -0.2) is 4.79 Å². The van der Waals surface area contributed by atoms with Gasteiger partial charge in [-0.1, -0.05) is 54.6 Å². The van der Waals surface area contributed by atoms with Crippen LogP contribution >= 0.6 is 0 Å². The van der Waals surface area contributed by atoms with Gasteiger partial charge in [0.15, 0.2) is 0 Å². The van der Waals surface area contributed by atoms with Crippen LogP contribution in [0.3, 0.4) is 0 Å². The summed E-state index contributed by atoms with van der Waals surface area (Å²) in [5.74, 6) is 0.532. The Morgan fingerprint density at radius 2 is 1.57 bits per heavy atom. The molecule has 35 heavy (non-hydrogen) atoms. The molecule has 0 aliphatic carbocycles. The summed E-state index contributed by atoms with van der Waals surface area (Å²) in [5, 5.41) is 5.46. The van der Waals surface area contributed by atoms with E-state index in [1.54, 1.807) is 38.3 Å². The highest BCUT2D eigenvalue weighted by atomic mass is 16.5. The van der Waals surface area contributed by atoms with Crippen molar-refractivity contribution in [2.45, 2.75) is 25.6 Å². The van der Waals surface area contributed by atoms with Crippen molar-refractivity contribution in [2.24, 2.45) is 0 Å². The number of rotatable bonds is 9. The molecule has 1 fully saturated rings. The number of nitrogens with one attached hydrogen (secondary N) is 2. The van der Waals surface area contributed by atoms with E-state index < -0.39 is 23.4 Å². The predicted molar refractivity (Wildman–Crippen MR) is 130 cm³/mol. The predicted octanol–water partition coefficient (Wildman–Crippen LogP) is 3.36. The number of benzene rings is 3. The Labute approximate surface area is 203 Å². The van der Waals surface area contributed by atoms with E-state index in [1.807, 2.05) is 54.6 Å². The zero-order chi connectivity index (χ0) is 24.8. The summed E-state index contributed by atoms with van der Waals surface area (Å²) in [6.45, 7) is 1.98. The average molecular weight is 474 g/mol. The number of carbonyl (C=O) groups is 3. The van der Waals surface area contributed by atoms with Crippen molar-refractivity contribution in [1.82, 2.24) is 15.5 Å². The number of ether oxygens (including phenoxy) is 2. The first-order valence-corrected chi connectivity index (χ1v) is 11.2. The zero-order valence-electron chi connectivity index (χ0n) is 19.6. The maximum atomic E-state index is 13.0. The molecule has 1 atom stereocenters. The molecule has 0 aromatic heterocycles. The number of para-hydroxylation sites is 1. The highest BCUT2D eigenvalue weighted by molar-refractivity contribution is 6.09. The molecule has 1 aliphatic heterocycles. The van der Waals surface area contributed by atoms with Crippen LogP contribution in [0.1, 0.15) is 23.6 Å². The van der Waals surface area contributed by atoms with E-state index in [-0.39, 0.29) is 13.1 Å². The van der Waals surface area contributed by atoms with Crippen molar-refractivity contribution in [1.29, 1.82) is 0 Å². The summed E-state index contributed by atoms with van der Waals surface area (Å²) in [5.41, 5.74) is 1.25. The van der Waals surface area contributed by atoms with Gasteiger partial charge in [0.25, 0.3) is 5.91 Å². The van der Waals surface area contributed by atoms with E-state index >= 15 is 0 Å². The molecule has 0 radical (unpaired) electrons. The Morgan fingerprint density at radius 3 is 2.23 bits per heavy atom. The minimum absolute atomic E-state index is 0.276. The first-order valence-electron chi connectivity index (χ1n) is 11.2. The van der Waals surface area contributed by atoms with E-state index in [4.69, 9.17) is 9.47 Å². The first kappa shape index (κ1) is 23.8. The van der Waals surface area contributed by atoms with Crippen LogP contribution < -0.4 is 20.1 Å². The van der Waals surface area contributed by atoms with Gasteiger partial charge in [-0.05, 0) is 47.9 Å². The molecule has 8 nitrogen and oxygen atoms in total. The summed E-state index contributed by atoms with van der Waals surface area (Å²) in [7, 11) is 1.55. The second kappa shape index (κ2) is 10.3. The number of methoxy groups -OCH3 is 1. The van der Waals surface area contributed by atoms with Gasteiger partial charge in [0.05, 0.1) is 7.11 Å². The lowest BCUT2D eigenvalue weighted by atomic mass is 9.92. The molecule has 3 aromatic rings. The smallest absolute Gasteiger partial charge is 0.325 e. The average Bonchev–Trinajstić information content (AvgIpc) is 3.11. The minimum atomic E-state index is -1.25. The van der Waals surface area contributed by atoms with Crippen LogP contribution in [-0.2, 0) is 28.3 Å². The number of nitrogens with zero attached hydrogens (tertiary/aromatic N) is 1. The lowest BCUT2D eigenvalue weighted by molar-refractivity contribution is -0.134. The van der Waals surface area contributed by atoms with Crippen molar-refractivity contribution in [3.63, 3.8) is 0 Å². The molecule has 0 spiro atoms. The van der Waals surface area contributed by atoms with Gasteiger partial charge in [-0.15, -0.1) is 0 Å². The van der Waals surface area contributed by atoms with Crippen LogP contribution in [0.4, 0.5) is 4.79 Å². The summed E-state index contributed by atoms with van der Waals surface area (Å²) >= 11 is 0. The summed E-state index contributed by atoms with van der Waals surface area (Å²) in [6.07, 6.45) is 0. The van der Waals surface area contributed by atoms with Crippen molar-refractivity contribution in [2.75, 3.05) is 13.7 Å². The number of hydrogen-bond donors (Lipinski definition) is 2. The topological polar surface area (TPSA) is 97.0 Å². The molecular weight excluding hydrogens is 446 g/mol. The monoisotopic (exact) mass is 473 g/mol. The van der Waals surface area contributed by atoms with E-state index in [2.05, 4.69) is 10.6 Å². The largest absolute Gasteiger partial charge is 0.497 e. The number of carbonyl (C=O) groups excluding carboxylic acids is 3. The Bertz CT molecular complexity index is 1200. The van der Waals surface area contributed by atoms with Gasteiger partial charge in [-0.2, -0.15) is 0 Å². The van der Waals surface area contributed by atoms with Crippen LogP contribution in [0.2, 0.25) is 0 Å². The van der Waals surface area contributed by atoms with E-state index in [1.165, 1.54) is 0 Å². The molecular formula is C27H27N3O5. The molecule has 1 saturated heterocycles. The third kappa shape index (κ3) is 5.43. The number of hydrogen-bond acceptors (Lipinski definition) is 5. The molecule has 4 rings (SSSR count). The lowest BCUT2D eigenvalue weighted by Crippen LogP contribution is -2.43. The SMILES string of the molecule is COc1ccc(C2(C)NC(=O)N(CC(=O)NCc3ccc(COc4ccccc4)cc3)C2=O)cc1. The summed E-state index contributed by atoms with van der Waals surface area (Å²) < 4.78 is 10.9. The van der Waals surface area contributed by atoms with Crippen LogP contribution in [-0.4, -0.2) is 36.4 Å². The standard InChI is InChI=1S/C27H27N3O5/c1-27(21-12-14-22(34-2)15-13-21)25(32)30(26(33)29-27)17-24(31)28-16-19-8-10-20(11-9-19)18-35-23-6-4-3-5-7-23/h3-15H,16-18H2,1-2H3,(H,28,31)(H,29,33). The van der Waals surface area contributed by atoms with Crippen LogP contribution in [0.25, 0.3) is 0 Å². The van der Waals surface area contributed by atoms with E-state index in [0.717, 1.165) is 21.8 Å². The maximum Gasteiger partial charge on any atom is 0.325 e. The summed E-state index contributed by atoms with van der Waals surface area (Å²) in [4.78, 5) is 38.9. The Balaban J connectivity index is 1.29. The van der Waals surface area contributed by atoms with Crippen molar-refractivity contribution >= 4 is 17.8 Å². The number of amides is 4. The first-order chi connectivity index (χ1) is 16.9. The van der Waals surface area contributed by atoms with Crippen molar-refractivity contribution in [3.05, 3.63) is 95.6 Å². The highest BCUT2D eigenvalue weighted by Gasteiger charge is 2.49. The van der Waals surface area contributed by atoms with Gasteiger partial charge in [0.2, 0.25) is 5.91 Å². The quantitative estimate of drug-likeness (QED) is 0.465. The molecule has 180 valence electrons. The fourth-order valence-corrected chi connectivity index (χ4v) is 3.80. The Hall–Kier alpha value is -4.33. The second-order valence-corrected chi connectivity index (χ2v) is 8.37. The molecule has 2 N–H and O–H groups in total. The van der Waals surface area contributed by atoms with Crippen molar-refractivity contribution in [3.8, 4) is 11.5 Å². The molecule has 1 aliphatic rings. The van der Waals surface area contributed by atoms with E-state index in [9.17, 15) is 14.4 Å². The maximum absolute atomic E-state index is 13.0. The second-order valence-electron chi connectivity index (χ2n) is 8.37. The van der Waals surface area contributed by atoms with Crippen LogP contribution in [0.15, 0.2) is 78.9 Å². The Kier molecular flexibility index (Phi) is 7.01. The molecule has 0 bridgehead atoms. The molecule has 0 saturated carbocycles. The van der Waals surface area contributed by atoms with Crippen LogP contribution in [0, 0.1) is 0 Å². The highest BCUT2D eigenvalue weighted by Crippen LogP contribution is 2.29. The van der Waals surface area contributed by atoms with Gasteiger partial charge in [-0.3, -0.25) is 14.5 Å². The molecule has 3 aromatic carbocycles. The normalized spacial score (nSPS) is 17.1. The summed E-state index contributed by atoms with van der Waals surface area (Å²) in [6, 6.07) is 23.5. The van der Waals surface area contributed by atoms with Gasteiger partial charge in [0, 0.05) is 6.54 Å². The van der Waals surface area contributed by atoms with Gasteiger partial charge in [0.1, 0.15) is 30.2 Å². The fourth-order valence-electron chi connectivity index (χ4n) is 3.80. The molecule has 1 heterocycles. The lowest BCUT2D eigenvalue weighted by Gasteiger charge is -2.22. The number of imide groups is 1. The van der Waals surface area contributed by atoms with Crippen molar-refractivity contribution < 1.29 is 23.9 Å². The molecule has 8 heteroatoms. The number of urea groups is 1. The zero-order valence-corrected chi connectivity index (χ0v) is 19.6. The Morgan fingerprint density at radius 1 is 0.914 bits per heavy atom.